The Morgan fingerprint density at radius 3 is 2.52 bits per heavy atom. The lowest BCUT2D eigenvalue weighted by atomic mass is 9.97. The van der Waals surface area contributed by atoms with Gasteiger partial charge in [0.25, 0.3) is 0 Å². The molecule has 140 valence electrons. The summed E-state index contributed by atoms with van der Waals surface area (Å²) in [6, 6.07) is 7.58. The van der Waals surface area contributed by atoms with Crippen LogP contribution in [0.25, 0.3) is 0 Å². The molecule has 5 nitrogen and oxygen atoms in total. The van der Waals surface area contributed by atoms with Gasteiger partial charge in [-0.1, -0.05) is 44.0 Å². The first-order chi connectivity index (χ1) is 11.9. The van der Waals surface area contributed by atoms with E-state index in [0.717, 1.165) is 36.9 Å². The van der Waals surface area contributed by atoms with Crippen molar-refractivity contribution in [1.29, 1.82) is 0 Å². The lowest BCUT2D eigenvalue weighted by molar-refractivity contribution is -0.126. The van der Waals surface area contributed by atoms with Gasteiger partial charge in [-0.05, 0) is 37.3 Å². The van der Waals surface area contributed by atoms with Crippen LogP contribution >= 0.6 is 0 Å². The molecule has 1 N–H and O–H groups in total. The molecule has 0 radical (unpaired) electrons. The maximum Gasteiger partial charge on any atom is 0.223 e. The van der Waals surface area contributed by atoms with Crippen LogP contribution in [-0.4, -0.2) is 38.3 Å². The summed E-state index contributed by atoms with van der Waals surface area (Å²) in [5.74, 6) is 0.0479. The number of unbranched alkanes of at least 4 members (excludes halogenated alkanes) is 2. The summed E-state index contributed by atoms with van der Waals surface area (Å²) in [5.41, 5.74) is 1.84. The second-order valence-electron chi connectivity index (χ2n) is 6.85. The fourth-order valence-corrected chi connectivity index (χ4v) is 4.85. The summed E-state index contributed by atoms with van der Waals surface area (Å²) in [6.07, 6.45) is 4.47. The molecule has 0 aromatic heterocycles. The predicted octanol–water partition coefficient (Wildman–Crippen LogP) is 2.84. The van der Waals surface area contributed by atoms with Gasteiger partial charge >= 0.3 is 0 Å². The van der Waals surface area contributed by atoms with Gasteiger partial charge in [0, 0.05) is 25.6 Å². The van der Waals surface area contributed by atoms with Gasteiger partial charge in [0.05, 0.1) is 5.75 Å². The number of hydrogen-bond acceptors (Lipinski definition) is 3. The highest BCUT2D eigenvalue weighted by atomic mass is 32.2. The van der Waals surface area contributed by atoms with Crippen molar-refractivity contribution in [3.63, 3.8) is 0 Å². The Hall–Kier alpha value is -1.40. The van der Waals surface area contributed by atoms with Gasteiger partial charge in [0.15, 0.2) is 0 Å². The van der Waals surface area contributed by atoms with Gasteiger partial charge < -0.3 is 5.32 Å². The second-order valence-corrected chi connectivity index (χ2v) is 8.82. The first-order valence-electron chi connectivity index (χ1n) is 9.24. The van der Waals surface area contributed by atoms with E-state index < -0.39 is 10.0 Å². The van der Waals surface area contributed by atoms with Crippen molar-refractivity contribution in [3.05, 3.63) is 35.4 Å². The Morgan fingerprint density at radius 1 is 1.20 bits per heavy atom. The summed E-state index contributed by atoms with van der Waals surface area (Å²) in [7, 11) is -3.33. The van der Waals surface area contributed by atoms with Gasteiger partial charge in [-0.25, -0.2) is 12.7 Å². The molecule has 1 saturated heterocycles. The summed E-state index contributed by atoms with van der Waals surface area (Å²) in [6.45, 7) is 5.65. The molecule has 1 aliphatic rings. The number of carbonyl (C=O) groups excluding carboxylic acids is 1. The zero-order valence-corrected chi connectivity index (χ0v) is 16.1. The van der Waals surface area contributed by atoms with Crippen LogP contribution in [0.3, 0.4) is 0 Å². The fraction of sp³-hybridized carbons (Fsp3) is 0.632. The molecule has 0 saturated carbocycles. The smallest absolute Gasteiger partial charge is 0.223 e. The Bertz CT molecular complexity index is 665. The van der Waals surface area contributed by atoms with Gasteiger partial charge in [-0.3, -0.25) is 4.79 Å². The van der Waals surface area contributed by atoms with Crippen LogP contribution in [0.4, 0.5) is 0 Å². The summed E-state index contributed by atoms with van der Waals surface area (Å²) in [4.78, 5) is 12.2. The molecule has 1 aromatic rings. The van der Waals surface area contributed by atoms with Crippen molar-refractivity contribution in [2.45, 2.75) is 51.7 Å². The first kappa shape index (κ1) is 19.9. The minimum Gasteiger partial charge on any atom is -0.356 e. The molecule has 0 spiro atoms. The summed E-state index contributed by atoms with van der Waals surface area (Å²) < 4.78 is 26.8. The van der Waals surface area contributed by atoms with Crippen molar-refractivity contribution in [2.24, 2.45) is 5.92 Å². The molecule has 0 atom stereocenters. The third-order valence-corrected chi connectivity index (χ3v) is 6.72. The molecule has 1 fully saturated rings. The molecule has 1 aliphatic heterocycles. The third-order valence-electron chi connectivity index (χ3n) is 4.90. The first-order valence-corrected chi connectivity index (χ1v) is 10.8. The summed E-state index contributed by atoms with van der Waals surface area (Å²) in [5, 5.41) is 2.98. The third kappa shape index (κ3) is 5.82. The van der Waals surface area contributed by atoms with E-state index in [1.807, 2.05) is 31.2 Å². The highest BCUT2D eigenvalue weighted by molar-refractivity contribution is 7.88. The number of carbonyl (C=O) groups is 1. The second kappa shape index (κ2) is 9.34. The van der Waals surface area contributed by atoms with Crippen LogP contribution in [0.15, 0.2) is 24.3 Å². The molecule has 0 unspecified atom stereocenters. The molecular weight excluding hydrogens is 336 g/mol. The number of hydrogen-bond donors (Lipinski definition) is 1. The fourth-order valence-electron chi connectivity index (χ4n) is 3.19. The van der Waals surface area contributed by atoms with E-state index in [4.69, 9.17) is 0 Å². The zero-order chi connectivity index (χ0) is 18.3. The minimum atomic E-state index is -3.33. The van der Waals surface area contributed by atoms with E-state index in [1.165, 1.54) is 0 Å². The zero-order valence-electron chi connectivity index (χ0n) is 15.3. The highest BCUT2D eigenvalue weighted by Crippen LogP contribution is 2.22. The number of benzene rings is 1. The molecule has 6 heteroatoms. The largest absolute Gasteiger partial charge is 0.356 e. The average molecular weight is 367 g/mol. The topological polar surface area (TPSA) is 66.5 Å². The van der Waals surface area contributed by atoms with E-state index in [0.29, 0.717) is 25.9 Å². The lowest BCUT2D eigenvalue weighted by Gasteiger charge is -2.30. The van der Waals surface area contributed by atoms with Gasteiger partial charge in [0.2, 0.25) is 15.9 Å². The normalized spacial score (nSPS) is 16.7. The van der Waals surface area contributed by atoms with Crippen LogP contribution in [0.2, 0.25) is 0 Å². The van der Waals surface area contributed by atoms with Crippen molar-refractivity contribution in [1.82, 2.24) is 9.62 Å². The molecule has 1 amide bonds. The standard InChI is InChI=1S/C19H30N2O3S/c1-3-4-7-12-20-19(22)17-10-13-21(14-11-17)25(23,24)15-18-9-6-5-8-16(18)2/h5-6,8-9,17H,3-4,7,10-15H2,1-2H3,(H,20,22). The van der Waals surface area contributed by atoms with Gasteiger partial charge in [0.1, 0.15) is 0 Å². The lowest BCUT2D eigenvalue weighted by Crippen LogP contribution is -2.43. The van der Waals surface area contributed by atoms with Crippen LogP contribution in [0, 0.1) is 12.8 Å². The van der Waals surface area contributed by atoms with E-state index in [9.17, 15) is 13.2 Å². The number of sulfonamides is 1. The number of amides is 1. The number of nitrogens with one attached hydrogen (secondary N) is 1. The molecule has 2 rings (SSSR count). The number of piperidine rings is 1. The van der Waals surface area contributed by atoms with E-state index >= 15 is 0 Å². The Labute approximate surface area is 151 Å². The summed E-state index contributed by atoms with van der Waals surface area (Å²) >= 11 is 0. The van der Waals surface area contributed by atoms with Crippen molar-refractivity contribution in [3.8, 4) is 0 Å². The van der Waals surface area contributed by atoms with Crippen LogP contribution in [0.1, 0.15) is 50.2 Å². The number of rotatable bonds is 8. The van der Waals surface area contributed by atoms with Gasteiger partial charge in [-0.2, -0.15) is 0 Å². The predicted molar refractivity (Wildman–Crippen MR) is 101 cm³/mol. The molecule has 0 bridgehead atoms. The van der Waals surface area contributed by atoms with Crippen molar-refractivity contribution >= 4 is 15.9 Å². The SMILES string of the molecule is CCCCCNC(=O)C1CCN(S(=O)(=O)Cc2ccccc2C)CC1. The molecule has 1 heterocycles. The number of nitrogens with zero attached hydrogens (tertiary/aromatic N) is 1. The van der Waals surface area contributed by atoms with E-state index in [-0.39, 0.29) is 17.6 Å². The molecule has 1 aromatic carbocycles. The minimum absolute atomic E-state index is 0.0353. The Balaban J connectivity index is 1.84. The van der Waals surface area contributed by atoms with Crippen LogP contribution in [-0.2, 0) is 20.6 Å². The highest BCUT2D eigenvalue weighted by Gasteiger charge is 2.31. The molecule has 0 aliphatic carbocycles. The number of aryl methyl sites for hydroxylation is 1. The molecular formula is C19H30N2O3S. The van der Waals surface area contributed by atoms with Crippen LogP contribution in [0.5, 0.6) is 0 Å². The average Bonchev–Trinajstić information content (AvgIpc) is 2.60. The maximum absolute atomic E-state index is 12.7. The Kier molecular flexibility index (Phi) is 7.44. The molecule has 25 heavy (non-hydrogen) atoms. The van der Waals surface area contributed by atoms with Crippen molar-refractivity contribution < 1.29 is 13.2 Å². The quantitative estimate of drug-likeness (QED) is 0.720. The van der Waals surface area contributed by atoms with Crippen LogP contribution < -0.4 is 5.32 Å². The van der Waals surface area contributed by atoms with Crippen molar-refractivity contribution in [2.75, 3.05) is 19.6 Å². The van der Waals surface area contributed by atoms with Gasteiger partial charge in [-0.15, -0.1) is 0 Å². The maximum atomic E-state index is 12.7. The van der Waals surface area contributed by atoms with E-state index in [1.54, 1.807) is 4.31 Å². The van der Waals surface area contributed by atoms with E-state index in [2.05, 4.69) is 12.2 Å². The monoisotopic (exact) mass is 366 g/mol. The Morgan fingerprint density at radius 2 is 1.88 bits per heavy atom.